The maximum atomic E-state index is 13.1. The molecule has 0 bridgehead atoms. The summed E-state index contributed by atoms with van der Waals surface area (Å²) in [5, 5.41) is 9.60. The number of hydrogen-bond acceptors (Lipinski definition) is 6. The molecule has 2 aromatic carbocycles. The number of anilines is 2. The van der Waals surface area contributed by atoms with Gasteiger partial charge in [0.25, 0.3) is 5.56 Å². The number of hydrogen-bond donors (Lipinski definition) is 3. The third-order valence-corrected chi connectivity index (χ3v) is 4.39. The fraction of sp³-hybridized carbons (Fsp3) is 0. The molecule has 0 amide bonds. The van der Waals surface area contributed by atoms with E-state index in [0.717, 1.165) is 0 Å². The van der Waals surface area contributed by atoms with Gasteiger partial charge in [-0.1, -0.05) is 24.3 Å². The molecule has 2 aromatic heterocycles. The van der Waals surface area contributed by atoms with Crippen LogP contribution in [-0.4, -0.2) is 44.5 Å². The Kier molecular flexibility index (Phi) is 5.41. The van der Waals surface area contributed by atoms with Crippen LogP contribution >= 0.6 is 0 Å². The smallest absolute Gasteiger partial charge is 0.339 e. The molecule has 1 radical (unpaired) electrons. The van der Waals surface area contributed by atoms with Crippen molar-refractivity contribution in [2.24, 2.45) is 0 Å². The van der Waals surface area contributed by atoms with Crippen molar-refractivity contribution in [1.82, 2.24) is 14.5 Å². The van der Waals surface area contributed by atoms with Gasteiger partial charge in [0, 0.05) is 30.6 Å². The monoisotopic (exact) mass is 380 g/mol. The fourth-order valence-corrected chi connectivity index (χ4v) is 3.01. The molecule has 0 aliphatic heterocycles. The van der Waals surface area contributed by atoms with Crippen LogP contribution in [0.4, 0.5) is 11.8 Å². The van der Waals surface area contributed by atoms with E-state index in [2.05, 4.69) is 9.97 Å². The summed E-state index contributed by atoms with van der Waals surface area (Å²) in [5.74, 6) is -1.16. The SMILES string of the molecule is Nc1ncc(-c2ccc3nc(N)n(-c4ccccc4)c(=O)c3c2)cc1C(=O)O.[Li]. The predicted octanol–water partition coefficient (Wildman–Crippen LogP) is 1.93. The summed E-state index contributed by atoms with van der Waals surface area (Å²) in [6.45, 7) is 0. The summed E-state index contributed by atoms with van der Waals surface area (Å²) in [6, 6.07) is 15.4. The second-order valence-electron chi connectivity index (χ2n) is 6.14. The second kappa shape index (κ2) is 7.79. The first kappa shape index (κ1) is 20.1. The topological polar surface area (TPSA) is 137 Å². The van der Waals surface area contributed by atoms with Gasteiger partial charge < -0.3 is 16.6 Å². The standard InChI is InChI=1S/C20H15N5O3.Li/c21-17-15(19(27)28)9-12(10-23-17)11-6-7-16-14(8-11)18(26)25(20(22)24-16)13-4-2-1-3-5-13;/h1-10H,(H2,21,23)(H2,22,24)(H,27,28);. The Morgan fingerprint density at radius 1 is 1.00 bits per heavy atom. The molecule has 0 aliphatic rings. The molecule has 0 unspecified atom stereocenters. The van der Waals surface area contributed by atoms with Crippen LogP contribution in [-0.2, 0) is 0 Å². The number of pyridine rings is 1. The third-order valence-electron chi connectivity index (χ3n) is 4.39. The Labute approximate surface area is 177 Å². The second-order valence-corrected chi connectivity index (χ2v) is 6.14. The zero-order valence-electron chi connectivity index (χ0n) is 15.5. The summed E-state index contributed by atoms with van der Waals surface area (Å²) in [5.41, 5.74) is 13.4. The molecule has 4 rings (SSSR count). The number of nitrogens with zero attached hydrogens (tertiary/aromatic N) is 3. The van der Waals surface area contributed by atoms with Crippen molar-refractivity contribution in [3.63, 3.8) is 0 Å². The number of nitrogen functional groups attached to an aromatic ring is 2. The van der Waals surface area contributed by atoms with E-state index in [1.165, 1.54) is 16.8 Å². The number of aromatic nitrogens is 3. The van der Waals surface area contributed by atoms with Crippen LogP contribution in [0.25, 0.3) is 27.7 Å². The van der Waals surface area contributed by atoms with Crippen LogP contribution in [0.1, 0.15) is 10.4 Å². The molecule has 0 fully saturated rings. The first-order valence-electron chi connectivity index (χ1n) is 8.32. The maximum Gasteiger partial charge on any atom is 0.339 e. The van der Waals surface area contributed by atoms with Gasteiger partial charge in [0.2, 0.25) is 5.95 Å². The molecule has 0 aliphatic carbocycles. The van der Waals surface area contributed by atoms with Crippen LogP contribution in [0.2, 0.25) is 0 Å². The molecule has 8 nitrogen and oxygen atoms in total. The molecular weight excluding hydrogens is 365 g/mol. The van der Waals surface area contributed by atoms with Crippen molar-refractivity contribution in [2.75, 3.05) is 11.5 Å². The summed E-state index contributed by atoms with van der Waals surface area (Å²) >= 11 is 0. The Morgan fingerprint density at radius 2 is 1.72 bits per heavy atom. The number of nitrogens with two attached hydrogens (primary N) is 2. The molecule has 29 heavy (non-hydrogen) atoms. The first-order chi connectivity index (χ1) is 13.5. The Hall–Kier alpha value is -3.60. The zero-order chi connectivity index (χ0) is 19.8. The molecule has 139 valence electrons. The molecule has 0 atom stereocenters. The first-order valence-corrected chi connectivity index (χ1v) is 8.32. The van der Waals surface area contributed by atoms with Crippen molar-refractivity contribution in [3.05, 3.63) is 76.7 Å². The normalized spacial score (nSPS) is 10.5. The van der Waals surface area contributed by atoms with Crippen molar-refractivity contribution in [3.8, 4) is 16.8 Å². The van der Waals surface area contributed by atoms with Crippen molar-refractivity contribution in [2.45, 2.75) is 0 Å². The third kappa shape index (κ3) is 3.59. The molecule has 0 spiro atoms. The zero-order valence-corrected chi connectivity index (χ0v) is 15.5. The van der Waals surface area contributed by atoms with Crippen molar-refractivity contribution < 1.29 is 9.90 Å². The summed E-state index contributed by atoms with van der Waals surface area (Å²) in [7, 11) is 0. The predicted molar refractivity (Wildman–Crippen MR) is 112 cm³/mol. The van der Waals surface area contributed by atoms with E-state index in [1.807, 2.05) is 6.07 Å². The summed E-state index contributed by atoms with van der Waals surface area (Å²) < 4.78 is 1.33. The van der Waals surface area contributed by atoms with Gasteiger partial charge in [0.05, 0.1) is 16.6 Å². The Morgan fingerprint density at radius 3 is 2.41 bits per heavy atom. The average molecular weight is 380 g/mol. The molecule has 0 saturated heterocycles. The summed E-state index contributed by atoms with van der Waals surface area (Å²) in [6.07, 6.45) is 1.46. The molecule has 5 N–H and O–H groups in total. The number of aromatic carboxylic acids is 1. The molecule has 2 heterocycles. The number of carboxylic acids is 1. The van der Waals surface area contributed by atoms with Gasteiger partial charge in [-0.25, -0.2) is 19.3 Å². The molecule has 9 heteroatoms. The molecule has 0 saturated carbocycles. The van der Waals surface area contributed by atoms with Crippen LogP contribution in [0, 0.1) is 0 Å². The van der Waals surface area contributed by atoms with Gasteiger partial charge in [0.15, 0.2) is 0 Å². The number of fused-ring (bicyclic) bond motifs is 1. The molecular formula is C20H15LiN5O3. The number of para-hydroxylation sites is 1. The van der Waals surface area contributed by atoms with Crippen molar-refractivity contribution >= 4 is 47.5 Å². The van der Waals surface area contributed by atoms with Gasteiger partial charge in [-0.3, -0.25) is 4.79 Å². The van der Waals surface area contributed by atoms with Gasteiger partial charge in [0.1, 0.15) is 11.4 Å². The van der Waals surface area contributed by atoms with Crippen molar-refractivity contribution in [1.29, 1.82) is 0 Å². The van der Waals surface area contributed by atoms with Crippen LogP contribution in [0.3, 0.4) is 0 Å². The average Bonchev–Trinajstić information content (AvgIpc) is 2.69. The largest absolute Gasteiger partial charge is 0.478 e. The Bertz CT molecular complexity index is 1290. The van der Waals surface area contributed by atoms with Gasteiger partial charge in [-0.05, 0) is 35.9 Å². The quantitative estimate of drug-likeness (QED) is 0.462. The Balaban J connectivity index is 0.00000240. The summed E-state index contributed by atoms with van der Waals surface area (Å²) in [4.78, 5) is 32.6. The van der Waals surface area contributed by atoms with E-state index < -0.39 is 5.97 Å². The minimum atomic E-state index is -1.17. The number of carbonyl (C=O) groups is 1. The number of carboxylic acid groups (broad SMARTS) is 1. The van der Waals surface area contributed by atoms with Crippen LogP contribution in [0.15, 0.2) is 65.6 Å². The minimum Gasteiger partial charge on any atom is -0.478 e. The van der Waals surface area contributed by atoms with Crippen LogP contribution < -0.4 is 17.0 Å². The maximum absolute atomic E-state index is 13.1. The van der Waals surface area contributed by atoms with E-state index in [1.54, 1.807) is 42.5 Å². The number of benzene rings is 2. The van der Waals surface area contributed by atoms with E-state index in [0.29, 0.717) is 27.7 Å². The van der Waals surface area contributed by atoms with E-state index in [9.17, 15) is 14.7 Å². The van der Waals surface area contributed by atoms with E-state index in [4.69, 9.17) is 11.5 Å². The number of rotatable bonds is 3. The van der Waals surface area contributed by atoms with Gasteiger partial charge in [-0.15, -0.1) is 0 Å². The minimum absolute atomic E-state index is 0. The fourth-order valence-electron chi connectivity index (χ4n) is 3.01. The molecule has 4 aromatic rings. The van der Waals surface area contributed by atoms with E-state index >= 15 is 0 Å². The van der Waals surface area contributed by atoms with Crippen LogP contribution in [0.5, 0.6) is 0 Å². The van der Waals surface area contributed by atoms with Gasteiger partial charge >= 0.3 is 5.97 Å². The van der Waals surface area contributed by atoms with Gasteiger partial charge in [-0.2, -0.15) is 0 Å². The van der Waals surface area contributed by atoms with E-state index in [-0.39, 0.29) is 41.7 Å².